The average molecular weight is 422 g/mol. The zero-order valence-corrected chi connectivity index (χ0v) is 17.6. The number of aryl methyl sites for hydroxylation is 1. The molecule has 3 rings (SSSR count). The summed E-state index contributed by atoms with van der Waals surface area (Å²) in [5.41, 5.74) is 3.12. The summed E-state index contributed by atoms with van der Waals surface area (Å²) in [6.45, 7) is 3.19. The lowest BCUT2D eigenvalue weighted by Gasteiger charge is -2.09. The van der Waals surface area contributed by atoms with Crippen molar-refractivity contribution in [2.24, 2.45) is 0 Å². The van der Waals surface area contributed by atoms with Gasteiger partial charge < -0.3 is 19.8 Å². The molecule has 7 nitrogen and oxygen atoms in total. The van der Waals surface area contributed by atoms with Crippen molar-refractivity contribution in [3.63, 3.8) is 0 Å². The van der Waals surface area contributed by atoms with Crippen molar-refractivity contribution in [3.05, 3.63) is 65.9 Å². The van der Waals surface area contributed by atoms with Crippen molar-refractivity contribution in [1.82, 2.24) is 4.98 Å². The number of esters is 2. The molecule has 7 heteroatoms. The van der Waals surface area contributed by atoms with Crippen LogP contribution >= 0.6 is 0 Å². The number of ether oxygens (including phenoxy) is 2. The molecule has 0 spiro atoms. The fourth-order valence-electron chi connectivity index (χ4n) is 3.15. The van der Waals surface area contributed by atoms with Crippen molar-refractivity contribution in [1.29, 1.82) is 0 Å². The van der Waals surface area contributed by atoms with Crippen LogP contribution in [0.5, 0.6) is 0 Å². The molecule has 0 unspecified atom stereocenters. The number of benzene rings is 2. The van der Waals surface area contributed by atoms with Gasteiger partial charge in [0.2, 0.25) is 0 Å². The van der Waals surface area contributed by atoms with Crippen molar-refractivity contribution in [2.45, 2.75) is 39.2 Å². The Labute approximate surface area is 180 Å². The summed E-state index contributed by atoms with van der Waals surface area (Å²) in [4.78, 5) is 39.0. The summed E-state index contributed by atoms with van der Waals surface area (Å²) in [7, 11) is 0. The minimum absolute atomic E-state index is 0.205. The maximum Gasteiger partial charge on any atom is 0.338 e. The standard InChI is InChI=1S/C24H26N2O5/c1-16(2)31-24(29)17-10-12-19(13-11-17)26-22(27)15-30-23(28)9-5-6-18-14-25-21-8-4-3-7-20(18)21/h3-4,7-8,10-14,16,25H,5-6,9,15H2,1-2H3,(H,26,27). The van der Waals surface area contributed by atoms with E-state index in [0.29, 0.717) is 17.7 Å². The van der Waals surface area contributed by atoms with Crippen LogP contribution in [0.2, 0.25) is 0 Å². The van der Waals surface area contributed by atoms with E-state index in [1.165, 1.54) is 0 Å². The molecule has 0 radical (unpaired) electrons. The number of aromatic nitrogens is 1. The van der Waals surface area contributed by atoms with Crippen LogP contribution in [0.15, 0.2) is 54.7 Å². The zero-order chi connectivity index (χ0) is 22.2. The van der Waals surface area contributed by atoms with E-state index >= 15 is 0 Å². The predicted molar refractivity (Wildman–Crippen MR) is 118 cm³/mol. The summed E-state index contributed by atoms with van der Waals surface area (Å²) >= 11 is 0. The van der Waals surface area contributed by atoms with Crippen molar-refractivity contribution in [3.8, 4) is 0 Å². The van der Waals surface area contributed by atoms with Gasteiger partial charge in [-0.05, 0) is 62.6 Å². The number of H-pyrrole nitrogens is 1. The first-order valence-corrected chi connectivity index (χ1v) is 10.2. The van der Waals surface area contributed by atoms with E-state index in [1.807, 2.05) is 30.5 Å². The SMILES string of the molecule is CC(C)OC(=O)c1ccc(NC(=O)COC(=O)CCCc2c[nH]c3ccccc23)cc1. The van der Waals surface area contributed by atoms with Crippen LogP contribution in [0, 0.1) is 0 Å². The van der Waals surface area contributed by atoms with Crippen LogP contribution in [0.3, 0.4) is 0 Å². The van der Waals surface area contributed by atoms with Crippen molar-refractivity contribution < 1.29 is 23.9 Å². The topological polar surface area (TPSA) is 97.5 Å². The number of rotatable bonds is 9. The van der Waals surface area contributed by atoms with Gasteiger partial charge in [-0.25, -0.2) is 4.79 Å². The molecule has 2 aromatic carbocycles. The lowest BCUT2D eigenvalue weighted by Crippen LogP contribution is -2.21. The summed E-state index contributed by atoms with van der Waals surface area (Å²) in [5, 5.41) is 3.78. The molecule has 0 aliphatic heterocycles. The number of fused-ring (bicyclic) bond motifs is 1. The first-order valence-electron chi connectivity index (χ1n) is 10.2. The largest absolute Gasteiger partial charge is 0.459 e. The van der Waals surface area contributed by atoms with E-state index in [2.05, 4.69) is 10.3 Å². The normalized spacial score (nSPS) is 10.8. The quantitative estimate of drug-likeness (QED) is 0.503. The van der Waals surface area contributed by atoms with Gasteiger partial charge in [-0.3, -0.25) is 9.59 Å². The Hall–Kier alpha value is -3.61. The molecule has 0 saturated carbocycles. The van der Waals surface area contributed by atoms with Crippen LogP contribution in [0.4, 0.5) is 5.69 Å². The van der Waals surface area contributed by atoms with Gasteiger partial charge in [-0.2, -0.15) is 0 Å². The van der Waals surface area contributed by atoms with E-state index in [-0.39, 0.29) is 19.1 Å². The van der Waals surface area contributed by atoms with Gasteiger partial charge >= 0.3 is 11.9 Å². The maximum absolute atomic E-state index is 12.0. The Morgan fingerprint density at radius 2 is 1.77 bits per heavy atom. The Morgan fingerprint density at radius 1 is 1.03 bits per heavy atom. The zero-order valence-electron chi connectivity index (χ0n) is 17.6. The van der Waals surface area contributed by atoms with Crippen LogP contribution < -0.4 is 5.32 Å². The van der Waals surface area contributed by atoms with Crippen LogP contribution in [-0.2, 0) is 25.5 Å². The summed E-state index contributed by atoms with van der Waals surface area (Å²) in [6.07, 6.45) is 3.37. The van der Waals surface area contributed by atoms with Gasteiger partial charge in [0.15, 0.2) is 6.61 Å². The molecule has 3 aromatic rings. The lowest BCUT2D eigenvalue weighted by atomic mass is 10.1. The summed E-state index contributed by atoms with van der Waals surface area (Å²) in [6, 6.07) is 14.3. The molecule has 31 heavy (non-hydrogen) atoms. The number of hydrogen-bond donors (Lipinski definition) is 2. The Balaban J connectivity index is 1.38. The molecule has 1 aromatic heterocycles. The van der Waals surface area contributed by atoms with Gasteiger partial charge in [0, 0.05) is 29.2 Å². The van der Waals surface area contributed by atoms with Gasteiger partial charge in [-0.15, -0.1) is 0 Å². The minimum atomic E-state index is -0.442. The molecule has 0 saturated heterocycles. The number of nitrogens with one attached hydrogen (secondary N) is 2. The molecule has 0 bridgehead atoms. The lowest BCUT2D eigenvalue weighted by molar-refractivity contribution is -0.147. The van der Waals surface area contributed by atoms with E-state index in [0.717, 1.165) is 22.9 Å². The average Bonchev–Trinajstić information content (AvgIpc) is 3.15. The number of anilines is 1. The van der Waals surface area contributed by atoms with Gasteiger partial charge in [0.25, 0.3) is 5.91 Å². The molecule has 162 valence electrons. The molecule has 0 aliphatic carbocycles. The highest BCUT2D eigenvalue weighted by Gasteiger charge is 2.11. The predicted octanol–water partition coefficient (Wildman–Crippen LogP) is 4.24. The van der Waals surface area contributed by atoms with Crippen molar-refractivity contribution >= 4 is 34.4 Å². The van der Waals surface area contributed by atoms with E-state index in [1.54, 1.807) is 38.1 Å². The van der Waals surface area contributed by atoms with Crippen molar-refractivity contribution in [2.75, 3.05) is 11.9 Å². The third-order valence-corrected chi connectivity index (χ3v) is 4.61. The maximum atomic E-state index is 12.0. The summed E-state index contributed by atoms with van der Waals surface area (Å²) < 4.78 is 10.2. The third-order valence-electron chi connectivity index (χ3n) is 4.61. The number of hydrogen-bond acceptors (Lipinski definition) is 5. The Morgan fingerprint density at radius 3 is 2.52 bits per heavy atom. The number of carbonyl (C=O) groups excluding carboxylic acids is 3. The smallest absolute Gasteiger partial charge is 0.338 e. The molecule has 0 fully saturated rings. The summed E-state index contributed by atoms with van der Waals surface area (Å²) in [5.74, 6) is -1.28. The highest BCUT2D eigenvalue weighted by Crippen LogP contribution is 2.19. The molecule has 2 N–H and O–H groups in total. The number of aromatic amines is 1. The molecule has 1 heterocycles. The first kappa shape index (κ1) is 22.1. The second-order valence-electron chi connectivity index (χ2n) is 7.45. The second kappa shape index (κ2) is 10.4. The third kappa shape index (κ3) is 6.44. The van der Waals surface area contributed by atoms with E-state index in [9.17, 15) is 14.4 Å². The highest BCUT2D eigenvalue weighted by molar-refractivity contribution is 5.94. The van der Waals surface area contributed by atoms with E-state index in [4.69, 9.17) is 9.47 Å². The molecule has 0 atom stereocenters. The molecule has 0 aliphatic rings. The van der Waals surface area contributed by atoms with Crippen LogP contribution in [0.1, 0.15) is 42.6 Å². The number of para-hydroxylation sites is 1. The fraction of sp³-hybridized carbons (Fsp3) is 0.292. The van der Waals surface area contributed by atoms with Gasteiger partial charge in [-0.1, -0.05) is 18.2 Å². The Bertz CT molecular complexity index is 1050. The van der Waals surface area contributed by atoms with Gasteiger partial charge in [0.1, 0.15) is 0 Å². The molecular weight excluding hydrogens is 396 g/mol. The van der Waals surface area contributed by atoms with Crippen LogP contribution in [0.25, 0.3) is 10.9 Å². The molecular formula is C24H26N2O5. The molecule has 1 amide bonds. The second-order valence-corrected chi connectivity index (χ2v) is 7.45. The Kier molecular flexibility index (Phi) is 7.43. The first-order chi connectivity index (χ1) is 14.9. The number of amides is 1. The number of carbonyl (C=O) groups is 3. The van der Waals surface area contributed by atoms with Crippen LogP contribution in [-0.4, -0.2) is 35.5 Å². The minimum Gasteiger partial charge on any atom is -0.459 e. The highest BCUT2D eigenvalue weighted by atomic mass is 16.5. The fourth-order valence-corrected chi connectivity index (χ4v) is 3.15. The van der Waals surface area contributed by atoms with Gasteiger partial charge in [0.05, 0.1) is 11.7 Å². The monoisotopic (exact) mass is 422 g/mol. The van der Waals surface area contributed by atoms with E-state index < -0.39 is 17.8 Å².